The van der Waals surface area contributed by atoms with E-state index in [9.17, 15) is 4.79 Å². The first kappa shape index (κ1) is 20.8. The number of anilines is 2. The molecular weight excluding hydrogens is 390 g/mol. The monoisotopic (exact) mass is 419 g/mol. The standard InChI is InChI=1S/C23H29N7O/c1-15-6-7-20(16(2)12-15)26-23(31)29-10-8-28(9-11-29)21-14-22(25-19(5)24-21)30-18(4)13-17(3)27-30/h6-7,12-14H,8-11H2,1-5H3,(H,26,31). The summed E-state index contributed by atoms with van der Waals surface area (Å²) in [6.45, 7) is 12.6. The third kappa shape index (κ3) is 4.52. The van der Waals surface area contributed by atoms with Crippen molar-refractivity contribution in [1.82, 2.24) is 24.6 Å². The minimum Gasteiger partial charge on any atom is -0.353 e. The van der Waals surface area contributed by atoms with Crippen LogP contribution in [-0.4, -0.2) is 56.9 Å². The summed E-state index contributed by atoms with van der Waals surface area (Å²) >= 11 is 0. The van der Waals surface area contributed by atoms with Gasteiger partial charge in [-0.25, -0.2) is 19.4 Å². The minimum atomic E-state index is -0.0613. The van der Waals surface area contributed by atoms with Gasteiger partial charge in [0.15, 0.2) is 5.82 Å². The highest BCUT2D eigenvalue weighted by atomic mass is 16.2. The van der Waals surface area contributed by atoms with Crippen molar-refractivity contribution in [2.24, 2.45) is 0 Å². The predicted molar refractivity (Wildman–Crippen MR) is 122 cm³/mol. The molecule has 1 aliphatic heterocycles. The zero-order valence-corrected chi connectivity index (χ0v) is 18.8. The van der Waals surface area contributed by atoms with E-state index in [-0.39, 0.29) is 6.03 Å². The van der Waals surface area contributed by atoms with E-state index in [0.717, 1.165) is 34.3 Å². The number of benzene rings is 1. The Morgan fingerprint density at radius 2 is 1.61 bits per heavy atom. The quantitative estimate of drug-likeness (QED) is 0.702. The topological polar surface area (TPSA) is 79.2 Å². The summed E-state index contributed by atoms with van der Waals surface area (Å²) < 4.78 is 1.85. The van der Waals surface area contributed by atoms with Crippen LogP contribution in [0.1, 0.15) is 28.3 Å². The summed E-state index contributed by atoms with van der Waals surface area (Å²) in [5.74, 6) is 2.34. The molecule has 162 valence electrons. The van der Waals surface area contributed by atoms with Crippen LogP contribution in [0.5, 0.6) is 0 Å². The lowest BCUT2D eigenvalue weighted by Gasteiger charge is -2.35. The predicted octanol–water partition coefficient (Wildman–Crippen LogP) is 3.56. The zero-order valence-electron chi connectivity index (χ0n) is 18.8. The number of aromatic nitrogens is 4. The SMILES string of the molecule is Cc1ccc(NC(=O)N2CCN(c3cc(-n4nc(C)cc4C)nc(C)n3)CC2)c(C)c1. The maximum absolute atomic E-state index is 12.7. The molecule has 0 spiro atoms. The molecule has 0 bridgehead atoms. The van der Waals surface area contributed by atoms with Crippen molar-refractivity contribution in [3.05, 3.63) is 58.7 Å². The molecule has 1 fully saturated rings. The van der Waals surface area contributed by atoms with Gasteiger partial charge in [0.2, 0.25) is 0 Å². The van der Waals surface area contributed by atoms with Crippen LogP contribution in [0.25, 0.3) is 5.82 Å². The fraction of sp³-hybridized carbons (Fsp3) is 0.391. The maximum Gasteiger partial charge on any atom is 0.321 e. The molecule has 31 heavy (non-hydrogen) atoms. The van der Waals surface area contributed by atoms with Gasteiger partial charge in [0, 0.05) is 43.6 Å². The molecule has 8 heteroatoms. The molecule has 0 saturated carbocycles. The van der Waals surface area contributed by atoms with Gasteiger partial charge in [-0.2, -0.15) is 5.10 Å². The molecule has 2 amide bonds. The summed E-state index contributed by atoms with van der Waals surface area (Å²) in [5, 5.41) is 7.58. The summed E-state index contributed by atoms with van der Waals surface area (Å²) in [6, 6.07) is 9.99. The highest BCUT2D eigenvalue weighted by molar-refractivity contribution is 5.90. The first-order valence-electron chi connectivity index (χ1n) is 10.6. The van der Waals surface area contributed by atoms with Crippen molar-refractivity contribution in [3.8, 4) is 5.82 Å². The van der Waals surface area contributed by atoms with E-state index < -0.39 is 0 Å². The summed E-state index contributed by atoms with van der Waals surface area (Å²) in [4.78, 5) is 26.0. The van der Waals surface area contributed by atoms with Crippen LogP contribution in [0, 0.1) is 34.6 Å². The summed E-state index contributed by atoms with van der Waals surface area (Å²) in [5.41, 5.74) is 5.11. The van der Waals surface area contributed by atoms with Crippen molar-refractivity contribution in [2.45, 2.75) is 34.6 Å². The summed E-state index contributed by atoms with van der Waals surface area (Å²) in [6.07, 6.45) is 0. The van der Waals surface area contributed by atoms with Gasteiger partial charge in [0.25, 0.3) is 0 Å². The van der Waals surface area contributed by atoms with E-state index in [1.54, 1.807) is 0 Å². The second-order valence-corrected chi connectivity index (χ2v) is 8.19. The van der Waals surface area contributed by atoms with Crippen LogP contribution in [0.4, 0.5) is 16.3 Å². The van der Waals surface area contributed by atoms with Crippen molar-refractivity contribution in [3.63, 3.8) is 0 Å². The van der Waals surface area contributed by atoms with E-state index in [0.29, 0.717) is 32.0 Å². The van der Waals surface area contributed by atoms with E-state index in [2.05, 4.69) is 31.3 Å². The van der Waals surface area contributed by atoms with Crippen LogP contribution in [0.2, 0.25) is 0 Å². The number of carbonyl (C=O) groups is 1. The van der Waals surface area contributed by atoms with Gasteiger partial charge in [0.05, 0.1) is 5.69 Å². The van der Waals surface area contributed by atoms with Crippen LogP contribution >= 0.6 is 0 Å². The number of urea groups is 1. The lowest BCUT2D eigenvalue weighted by Crippen LogP contribution is -2.50. The van der Waals surface area contributed by atoms with Crippen LogP contribution in [0.3, 0.4) is 0 Å². The van der Waals surface area contributed by atoms with Gasteiger partial charge in [-0.15, -0.1) is 0 Å². The second-order valence-electron chi connectivity index (χ2n) is 8.19. The molecule has 0 unspecified atom stereocenters. The van der Waals surface area contributed by atoms with Crippen LogP contribution in [-0.2, 0) is 0 Å². The molecule has 4 rings (SSSR count). The number of carbonyl (C=O) groups excluding carboxylic acids is 1. The van der Waals surface area contributed by atoms with Crippen molar-refractivity contribution in [2.75, 3.05) is 36.4 Å². The Labute approximate surface area is 182 Å². The Balaban J connectivity index is 1.44. The van der Waals surface area contributed by atoms with Crippen LogP contribution in [0.15, 0.2) is 30.3 Å². The number of nitrogens with one attached hydrogen (secondary N) is 1. The fourth-order valence-corrected chi connectivity index (χ4v) is 3.95. The normalized spacial score (nSPS) is 14.1. The van der Waals surface area contributed by atoms with E-state index in [1.165, 1.54) is 5.56 Å². The molecule has 3 heterocycles. The molecule has 1 aliphatic rings. The Kier molecular flexibility index (Phi) is 5.63. The third-order valence-electron chi connectivity index (χ3n) is 5.55. The Morgan fingerprint density at radius 1 is 0.903 bits per heavy atom. The largest absolute Gasteiger partial charge is 0.353 e. The number of nitrogens with zero attached hydrogens (tertiary/aromatic N) is 6. The average Bonchev–Trinajstić information content (AvgIpc) is 3.07. The first-order valence-corrected chi connectivity index (χ1v) is 10.6. The smallest absolute Gasteiger partial charge is 0.321 e. The maximum atomic E-state index is 12.7. The molecule has 0 atom stereocenters. The van der Waals surface area contributed by atoms with Gasteiger partial charge >= 0.3 is 6.03 Å². The van der Waals surface area contributed by atoms with Crippen LogP contribution < -0.4 is 10.2 Å². The number of hydrogen-bond donors (Lipinski definition) is 1. The molecule has 2 aromatic heterocycles. The molecule has 1 N–H and O–H groups in total. The first-order chi connectivity index (χ1) is 14.8. The number of aryl methyl sites for hydroxylation is 5. The highest BCUT2D eigenvalue weighted by Gasteiger charge is 2.23. The molecule has 0 aliphatic carbocycles. The minimum absolute atomic E-state index is 0.0613. The highest BCUT2D eigenvalue weighted by Crippen LogP contribution is 2.20. The summed E-state index contributed by atoms with van der Waals surface area (Å²) in [7, 11) is 0. The second kappa shape index (κ2) is 8.37. The molecule has 8 nitrogen and oxygen atoms in total. The Bertz CT molecular complexity index is 1110. The van der Waals surface area contributed by atoms with Gasteiger partial charge in [-0.1, -0.05) is 17.7 Å². The Hall–Kier alpha value is -3.42. The number of amides is 2. The molecule has 1 saturated heterocycles. The van der Waals surface area contributed by atoms with Crippen molar-refractivity contribution >= 4 is 17.5 Å². The van der Waals surface area contributed by atoms with Gasteiger partial charge < -0.3 is 15.1 Å². The third-order valence-corrected chi connectivity index (χ3v) is 5.55. The van der Waals surface area contributed by atoms with Gasteiger partial charge in [-0.3, -0.25) is 0 Å². The van der Waals surface area contributed by atoms with Gasteiger partial charge in [0.1, 0.15) is 11.6 Å². The molecule has 0 radical (unpaired) electrons. The lowest BCUT2D eigenvalue weighted by molar-refractivity contribution is 0.208. The zero-order chi connectivity index (χ0) is 22.1. The molecular formula is C23H29N7O. The number of piperazine rings is 1. The lowest BCUT2D eigenvalue weighted by atomic mass is 10.1. The van der Waals surface area contributed by atoms with Gasteiger partial charge in [-0.05, 0) is 52.3 Å². The fourth-order valence-electron chi connectivity index (χ4n) is 3.95. The molecule has 3 aromatic rings. The van der Waals surface area contributed by atoms with E-state index in [4.69, 9.17) is 0 Å². The van der Waals surface area contributed by atoms with E-state index >= 15 is 0 Å². The average molecular weight is 420 g/mol. The number of rotatable bonds is 3. The Morgan fingerprint density at radius 3 is 2.26 bits per heavy atom. The number of hydrogen-bond acceptors (Lipinski definition) is 5. The van der Waals surface area contributed by atoms with Crippen molar-refractivity contribution < 1.29 is 4.79 Å². The molecule has 1 aromatic carbocycles. The van der Waals surface area contributed by atoms with E-state index in [1.807, 2.05) is 68.5 Å². The van der Waals surface area contributed by atoms with Crippen molar-refractivity contribution in [1.29, 1.82) is 0 Å².